The maximum absolute atomic E-state index is 13.2. The molecule has 3 aromatic carbocycles. The van der Waals surface area contributed by atoms with E-state index in [1.54, 1.807) is 49.6 Å². The summed E-state index contributed by atoms with van der Waals surface area (Å²) in [7, 11) is -2.19. The summed E-state index contributed by atoms with van der Waals surface area (Å²) in [4.78, 5) is 0.211. The monoisotopic (exact) mass is 417 g/mol. The number of methoxy groups -OCH3 is 1. The summed E-state index contributed by atoms with van der Waals surface area (Å²) in [5.74, 6) is 3.57. The standard InChI is InChI=1S/C25H23NO3S/c1-21-11-17-25(18-12-21)30(27,28)26(20-23-13-15-24(29-2)16-14-23)19-7-6-10-22-8-4-3-5-9-22/h3-6,8-18H,20H2,1-2H3/b10-6+. The first kappa shape index (κ1) is 21.2. The van der Waals surface area contributed by atoms with Crippen LogP contribution in [-0.4, -0.2) is 19.8 Å². The van der Waals surface area contributed by atoms with E-state index in [0.29, 0.717) is 5.75 Å². The molecule has 152 valence electrons. The Morgan fingerprint density at radius 1 is 0.933 bits per heavy atom. The van der Waals surface area contributed by atoms with Crippen molar-refractivity contribution in [3.05, 3.63) is 102 Å². The van der Waals surface area contributed by atoms with Crippen molar-refractivity contribution >= 4 is 16.1 Å². The molecule has 0 saturated carbocycles. The largest absolute Gasteiger partial charge is 0.497 e. The van der Waals surface area contributed by atoms with Crippen LogP contribution in [0.5, 0.6) is 5.75 Å². The Morgan fingerprint density at radius 2 is 1.60 bits per heavy atom. The van der Waals surface area contributed by atoms with E-state index in [9.17, 15) is 8.42 Å². The molecule has 0 unspecified atom stereocenters. The van der Waals surface area contributed by atoms with Gasteiger partial charge in [0.2, 0.25) is 0 Å². The van der Waals surface area contributed by atoms with Crippen molar-refractivity contribution in [2.45, 2.75) is 18.4 Å². The molecule has 0 spiro atoms. The molecule has 30 heavy (non-hydrogen) atoms. The fourth-order valence-electron chi connectivity index (χ4n) is 2.73. The lowest BCUT2D eigenvalue weighted by Crippen LogP contribution is -2.26. The molecule has 3 rings (SSSR count). The number of allylic oxidation sites excluding steroid dienone is 1. The number of hydrogen-bond acceptors (Lipinski definition) is 3. The van der Waals surface area contributed by atoms with Crippen molar-refractivity contribution < 1.29 is 13.2 Å². The third kappa shape index (κ3) is 5.53. The predicted octanol–water partition coefficient (Wildman–Crippen LogP) is 4.87. The van der Waals surface area contributed by atoms with E-state index < -0.39 is 10.0 Å². The molecule has 0 atom stereocenters. The number of ether oxygens (including phenoxy) is 1. The van der Waals surface area contributed by atoms with Gasteiger partial charge in [0, 0.05) is 6.04 Å². The lowest BCUT2D eigenvalue weighted by atomic mass is 10.2. The van der Waals surface area contributed by atoms with Gasteiger partial charge in [-0.05, 0) is 54.5 Å². The van der Waals surface area contributed by atoms with Gasteiger partial charge < -0.3 is 4.74 Å². The Balaban J connectivity index is 1.90. The highest BCUT2D eigenvalue weighted by Crippen LogP contribution is 2.20. The second-order valence-electron chi connectivity index (χ2n) is 6.67. The number of benzene rings is 3. The Hall–Kier alpha value is -3.49. The lowest BCUT2D eigenvalue weighted by molar-refractivity contribution is 0.414. The minimum absolute atomic E-state index is 0.131. The topological polar surface area (TPSA) is 46.6 Å². The van der Waals surface area contributed by atoms with Crippen molar-refractivity contribution in [2.24, 2.45) is 0 Å². The minimum atomic E-state index is -3.78. The smallest absolute Gasteiger partial charge is 0.271 e. The zero-order valence-corrected chi connectivity index (χ0v) is 17.8. The molecule has 3 aromatic rings. The third-order valence-corrected chi connectivity index (χ3v) is 6.11. The van der Waals surface area contributed by atoms with Crippen LogP contribution in [0.25, 0.3) is 6.08 Å². The Bertz CT molecular complexity index is 1160. The van der Waals surface area contributed by atoms with Gasteiger partial charge in [-0.3, -0.25) is 0 Å². The average molecular weight is 418 g/mol. The van der Waals surface area contributed by atoms with Gasteiger partial charge in [-0.25, -0.2) is 12.7 Å². The predicted molar refractivity (Wildman–Crippen MR) is 120 cm³/mol. The second kappa shape index (κ2) is 9.82. The van der Waals surface area contributed by atoms with Crippen molar-refractivity contribution in [3.63, 3.8) is 0 Å². The lowest BCUT2D eigenvalue weighted by Gasteiger charge is -2.18. The van der Waals surface area contributed by atoms with Crippen molar-refractivity contribution in [1.82, 2.24) is 4.31 Å². The Labute approximate surface area is 178 Å². The van der Waals surface area contributed by atoms with Crippen LogP contribution in [0.1, 0.15) is 16.7 Å². The van der Waals surface area contributed by atoms with Crippen LogP contribution in [0.15, 0.2) is 89.8 Å². The van der Waals surface area contributed by atoms with Crippen LogP contribution in [0.3, 0.4) is 0 Å². The first-order valence-electron chi connectivity index (χ1n) is 9.44. The highest BCUT2D eigenvalue weighted by atomic mass is 32.2. The zero-order valence-electron chi connectivity index (χ0n) is 16.9. The third-order valence-electron chi connectivity index (χ3n) is 4.44. The molecule has 0 saturated heterocycles. The maximum atomic E-state index is 13.2. The van der Waals surface area contributed by atoms with Crippen molar-refractivity contribution in [2.75, 3.05) is 7.11 Å². The van der Waals surface area contributed by atoms with Crippen LogP contribution < -0.4 is 4.74 Å². The van der Waals surface area contributed by atoms with E-state index in [-0.39, 0.29) is 11.4 Å². The SMILES string of the molecule is COc1ccc(CN(C#C/C=C/c2ccccc2)S(=O)(=O)c2ccc(C)cc2)cc1. The first-order chi connectivity index (χ1) is 14.5. The molecule has 0 radical (unpaired) electrons. The number of nitrogens with zero attached hydrogens (tertiary/aromatic N) is 1. The maximum Gasteiger partial charge on any atom is 0.271 e. The molecule has 0 fully saturated rings. The molecule has 0 aliphatic heterocycles. The normalized spacial score (nSPS) is 11.0. The van der Waals surface area contributed by atoms with Gasteiger partial charge in [-0.1, -0.05) is 66.1 Å². The molecule has 0 bridgehead atoms. The van der Waals surface area contributed by atoms with Gasteiger partial charge in [0.1, 0.15) is 5.75 Å². The average Bonchev–Trinajstić information content (AvgIpc) is 2.77. The van der Waals surface area contributed by atoms with E-state index in [4.69, 9.17) is 4.74 Å². The van der Waals surface area contributed by atoms with Crippen molar-refractivity contribution in [3.8, 4) is 17.7 Å². The number of aryl methyl sites for hydroxylation is 1. The van der Waals surface area contributed by atoms with Gasteiger partial charge in [0.05, 0.1) is 18.6 Å². The van der Waals surface area contributed by atoms with E-state index >= 15 is 0 Å². The van der Waals surface area contributed by atoms with Gasteiger partial charge in [0.25, 0.3) is 10.0 Å². The summed E-state index contributed by atoms with van der Waals surface area (Å²) in [6, 6.07) is 26.5. The molecular weight excluding hydrogens is 394 g/mol. The quantitative estimate of drug-likeness (QED) is 0.425. The molecule has 0 N–H and O–H groups in total. The Morgan fingerprint density at radius 3 is 2.23 bits per heavy atom. The summed E-state index contributed by atoms with van der Waals surface area (Å²) in [5, 5.41) is 0. The molecule has 5 heteroatoms. The van der Waals surface area contributed by atoms with Crippen LogP contribution in [0.4, 0.5) is 0 Å². The zero-order chi connectivity index (χ0) is 21.4. The molecule has 0 aliphatic rings. The first-order valence-corrected chi connectivity index (χ1v) is 10.9. The molecule has 0 heterocycles. The highest BCUT2D eigenvalue weighted by molar-refractivity contribution is 7.89. The van der Waals surface area contributed by atoms with Crippen LogP contribution in [0, 0.1) is 18.9 Å². The van der Waals surface area contributed by atoms with Crippen molar-refractivity contribution in [1.29, 1.82) is 0 Å². The van der Waals surface area contributed by atoms with Crippen LogP contribution in [-0.2, 0) is 16.6 Å². The summed E-state index contributed by atoms with van der Waals surface area (Å²) in [6.07, 6.45) is 3.50. The summed E-state index contributed by atoms with van der Waals surface area (Å²) >= 11 is 0. The van der Waals surface area contributed by atoms with E-state index in [1.165, 1.54) is 4.31 Å². The minimum Gasteiger partial charge on any atom is -0.497 e. The number of hydrogen-bond donors (Lipinski definition) is 0. The molecule has 0 aliphatic carbocycles. The molecule has 0 aromatic heterocycles. The fourth-order valence-corrected chi connectivity index (χ4v) is 3.96. The number of rotatable bonds is 6. The second-order valence-corrected chi connectivity index (χ2v) is 8.54. The fraction of sp³-hybridized carbons (Fsp3) is 0.120. The summed E-state index contributed by atoms with van der Waals surface area (Å²) < 4.78 is 32.8. The van der Waals surface area contributed by atoms with Gasteiger partial charge in [-0.2, -0.15) is 0 Å². The van der Waals surface area contributed by atoms with E-state index in [2.05, 4.69) is 12.0 Å². The Kier molecular flexibility index (Phi) is 6.95. The van der Waals surface area contributed by atoms with Gasteiger partial charge >= 0.3 is 0 Å². The van der Waals surface area contributed by atoms with E-state index in [1.807, 2.05) is 55.5 Å². The van der Waals surface area contributed by atoms with Crippen LogP contribution >= 0.6 is 0 Å². The van der Waals surface area contributed by atoms with E-state index in [0.717, 1.165) is 16.7 Å². The summed E-state index contributed by atoms with van der Waals surface area (Å²) in [6.45, 7) is 2.05. The van der Waals surface area contributed by atoms with Crippen LogP contribution in [0.2, 0.25) is 0 Å². The highest BCUT2D eigenvalue weighted by Gasteiger charge is 2.22. The molecule has 0 amide bonds. The number of sulfonamides is 1. The molecule has 4 nitrogen and oxygen atoms in total. The summed E-state index contributed by atoms with van der Waals surface area (Å²) in [5.41, 5.74) is 2.80. The van der Waals surface area contributed by atoms with Gasteiger partial charge in [0.15, 0.2) is 0 Å². The van der Waals surface area contributed by atoms with Gasteiger partial charge in [-0.15, -0.1) is 0 Å². The molecular formula is C25H23NO3S.